The second kappa shape index (κ2) is 7.42. The second-order valence-electron chi connectivity index (χ2n) is 5.51. The Morgan fingerprint density at radius 2 is 2.08 bits per heavy atom. The molecule has 2 aromatic carbocycles. The van der Waals surface area contributed by atoms with Crippen molar-refractivity contribution in [3.8, 4) is 6.07 Å². The number of halogens is 1. The van der Waals surface area contributed by atoms with Crippen molar-refractivity contribution < 1.29 is 18.7 Å². The Bertz CT molecular complexity index is 1050. The van der Waals surface area contributed by atoms with Crippen molar-refractivity contribution in [1.29, 1.82) is 5.26 Å². The SMILES string of the molecule is Cc1c(C(=O)OCC(=O)Nc2cccc(C#N)c2)oc2ccc(Br)cc12. The van der Waals surface area contributed by atoms with Gasteiger partial charge in [0.1, 0.15) is 5.58 Å². The molecule has 7 heteroatoms. The van der Waals surface area contributed by atoms with Crippen LogP contribution in [0.25, 0.3) is 11.0 Å². The Morgan fingerprint density at radius 3 is 2.85 bits per heavy atom. The molecule has 1 N–H and O–H groups in total. The molecule has 130 valence electrons. The Hall–Kier alpha value is -3.11. The summed E-state index contributed by atoms with van der Waals surface area (Å²) >= 11 is 3.37. The fourth-order valence-corrected chi connectivity index (χ4v) is 2.81. The topological polar surface area (TPSA) is 92.3 Å². The highest BCUT2D eigenvalue weighted by atomic mass is 79.9. The van der Waals surface area contributed by atoms with Crippen molar-refractivity contribution >= 4 is 44.5 Å². The van der Waals surface area contributed by atoms with Crippen molar-refractivity contribution in [3.63, 3.8) is 0 Å². The summed E-state index contributed by atoms with van der Waals surface area (Å²) < 4.78 is 11.4. The third kappa shape index (κ3) is 3.76. The minimum Gasteiger partial charge on any atom is -0.450 e. The number of hydrogen-bond donors (Lipinski definition) is 1. The highest BCUT2D eigenvalue weighted by Gasteiger charge is 2.20. The van der Waals surface area contributed by atoms with Crippen LogP contribution in [0.15, 0.2) is 51.4 Å². The molecule has 0 aliphatic rings. The van der Waals surface area contributed by atoms with Gasteiger partial charge in [-0.1, -0.05) is 22.0 Å². The molecule has 0 spiro atoms. The van der Waals surface area contributed by atoms with Gasteiger partial charge >= 0.3 is 5.97 Å². The zero-order valence-corrected chi connectivity index (χ0v) is 15.3. The van der Waals surface area contributed by atoms with Gasteiger partial charge in [0.2, 0.25) is 5.76 Å². The zero-order chi connectivity index (χ0) is 18.7. The molecule has 26 heavy (non-hydrogen) atoms. The van der Waals surface area contributed by atoms with Crippen LogP contribution in [0.3, 0.4) is 0 Å². The predicted octanol–water partition coefficient (Wildman–Crippen LogP) is 4.17. The zero-order valence-electron chi connectivity index (χ0n) is 13.7. The van der Waals surface area contributed by atoms with E-state index in [0.717, 1.165) is 9.86 Å². The summed E-state index contributed by atoms with van der Waals surface area (Å²) in [6.45, 7) is 1.29. The number of nitrogens with zero attached hydrogens (tertiary/aromatic N) is 1. The Balaban J connectivity index is 1.66. The summed E-state index contributed by atoms with van der Waals surface area (Å²) in [7, 11) is 0. The van der Waals surface area contributed by atoms with Crippen LogP contribution in [0.2, 0.25) is 0 Å². The van der Waals surface area contributed by atoms with Crippen LogP contribution in [0.4, 0.5) is 5.69 Å². The second-order valence-corrected chi connectivity index (χ2v) is 6.43. The highest BCUT2D eigenvalue weighted by molar-refractivity contribution is 9.10. The van der Waals surface area contributed by atoms with Crippen LogP contribution in [-0.4, -0.2) is 18.5 Å². The Kier molecular flexibility index (Phi) is 5.05. The number of aryl methyl sites for hydroxylation is 1. The van der Waals surface area contributed by atoms with Gasteiger partial charge < -0.3 is 14.5 Å². The van der Waals surface area contributed by atoms with E-state index in [1.807, 2.05) is 18.2 Å². The molecular formula is C19H13BrN2O4. The molecule has 0 bridgehead atoms. The lowest BCUT2D eigenvalue weighted by molar-refractivity contribution is -0.119. The van der Waals surface area contributed by atoms with Crippen molar-refractivity contribution in [1.82, 2.24) is 0 Å². The van der Waals surface area contributed by atoms with E-state index >= 15 is 0 Å². The molecule has 3 rings (SSSR count). The molecule has 0 aliphatic carbocycles. The van der Waals surface area contributed by atoms with Gasteiger partial charge in [-0.05, 0) is 43.3 Å². The molecule has 3 aromatic rings. The summed E-state index contributed by atoms with van der Waals surface area (Å²) in [5.74, 6) is -1.15. The molecular weight excluding hydrogens is 400 g/mol. The van der Waals surface area contributed by atoms with Gasteiger partial charge in [0.05, 0.1) is 11.6 Å². The predicted molar refractivity (Wildman–Crippen MR) is 98.7 cm³/mol. The van der Waals surface area contributed by atoms with Gasteiger partial charge in [-0.25, -0.2) is 4.79 Å². The molecule has 0 unspecified atom stereocenters. The monoisotopic (exact) mass is 412 g/mol. The number of rotatable bonds is 4. The molecule has 0 aliphatic heterocycles. The number of amides is 1. The molecule has 1 aromatic heterocycles. The van der Waals surface area contributed by atoms with Gasteiger partial charge in [-0.3, -0.25) is 4.79 Å². The number of furan rings is 1. The first-order valence-corrected chi connectivity index (χ1v) is 8.43. The van der Waals surface area contributed by atoms with E-state index in [-0.39, 0.29) is 5.76 Å². The molecule has 1 amide bonds. The number of anilines is 1. The average Bonchev–Trinajstić information content (AvgIpc) is 2.96. The fraction of sp³-hybridized carbons (Fsp3) is 0.105. The third-order valence-corrected chi connectivity index (χ3v) is 4.19. The van der Waals surface area contributed by atoms with E-state index in [4.69, 9.17) is 14.4 Å². The van der Waals surface area contributed by atoms with E-state index in [2.05, 4.69) is 21.2 Å². The number of esters is 1. The molecule has 0 atom stereocenters. The average molecular weight is 413 g/mol. The quantitative estimate of drug-likeness (QED) is 0.649. The molecule has 0 fully saturated rings. The standard InChI is InChI=1S/C19H13BrN2O4/c1-11-15-8-13(20)5-6-16(15)26-18(11)19(24)25-10-17(23)22-14-4-2-3-12(7-14)9-21/h2-8H,10H2,1H3,(H,22,23). The summed E-state index contributed by atoms with van der Waals surface area (Å²) in [6.07, 6.45) is 0. The summed E-state index contributed by atoms with van der Waals surface area (Å²) in [4.78, 5) is 24.2. The largest absolute Gasteiger partial charge is 0.450 e. The van der Waals surface area contributed by atoms with Crippen LogP contribution in [-0.2, 0) is 9.53 Å². The van der Waals surface area contributed by atoms with Gasteiger partial charge in [0.25, 0.3) is 5.91 Å². The summed E-state index contributed by atoms with van der Waals surface area (Å²) in [6, 6.07) is 13.8. The van der Waals surface area contributed by atoms with Crippen LogP contribution in [0.1, 0.15) is 21.7 Å². The van der Waals surface area contributed by atoms with Crippen LogP contribution in [0.5, 0.6) is 0 Å². The van der Waals surface area contributed by atoms with Gasteiger partial charge in [-0.15, -0.1) is 0 Å². The number of carbonyl (C=O) groups is 2. The number of benzene rings is 2. The molecule has 0 saturated heterocycles. The number of fused-ring (bicyclic) bond motifs is 1. The summed E-state index contributed by atoms with van der Waals surface area (Å²) in [5, 5.41) is 12.2. The Labute approximate surface area is 157 Å². The first-order chi connectivity index (χ1) is 12.5. The van der Waals surface area contributed by atoms with Gasteiger partial charge in [0.15, 0.2) is 6.61 Å². The van der Waals surface area contributed by atoms with Crippen LogP contribution < -0.4 is 5.32 Å². The normalized spacial score (nSPS) is 10.3. The maximum atomic E-state index is 12.2. The minimum atomic E-state index is -0.712. The molecule has 1 heterocycles. The van der Waals surface area contributed by atoms with E-state index in [0.29, 0.717) is 22.4 Å². The van der Waals surface area contributed by atoms with E-state index < -0.39 is 18.5 Å². The molecule has 0 radical (unpaired) electrons. The van der Waals surface area contributed by atoms with Gasteiger partial charge in [0, 0.05) is 21.1 Å². The van der Waals surface area contributed by atoms with Crippen molar-refractivity contribution in [3.05, 3.63) is 63.8 Å². The first-order valence-electron chi connectivity index (χ1n) is 7.63. The van der Waals surface area contributed by atoms with Crippen molar-refractivity contribution in [2.45, 2.75) is 6.92 Å². The fourth-order valence-electron chi connectivity index (χ4n) is 2.45. The maximum Gasteiger partial charge on any atom is 0.375 e. The smallest absolute Gasteiger partial charge is 0.375 e. The lowest BCUT2D eigenvalue weighted by Gasteiger charge is -2.06. The van der Waals surface area contributed by atoms with E-state index in [9.17, 15) is 9.59 Å². The molecule has 6 nitrogen and oxygen atoms in total. The van der Waals surface area contributed by atoms with Crippen LogP contribution in [0, 0.1) is 18.3 Å². The molecule has 0 saturated carbocycles. The van der Waals surface area contributed by atoms with Crippen molar-refractivity contribution in [2.75, 3.05) is 11.9 Å². The number of nitrogens with one attached hydrogen (secondary N) is 1. The van der Waals surface area contributed by atoms with Crippen molar-refractivity contribution in [2.24, 2.45) is 0 Å². The third-order valence-electron chi connectivity index (χ3n) is 3.69. The van der Waals surface area contributed by atoms with E-state index in [1.165, 1.54) is 6.07 Å². The number of hydrogen-bond acceptors (Lipinski definition) is 5. The van der Waals surface area contributed by atoms with E-state index in [1.54, 1.807) is 31.2 Å². The Morgan fingerprint density at radius 1 is 1.27 bits per heavy atom. The highest BCUT2D eigenvalue weighted by Crippen LogP contribution is 2.28. The number of carbonyl (C=O) groups excluding carboxylic acids is 2. The number of nitriles is 1. The van der Waals surface area contributed by atoms with Gasteiger partial charge in [-0.2, -0.15) is 5.26 Å². The number of ether oxygens (including phenoxy) is 1. The lowest BCUT2D eigenvalue weighted by Crippen LogP contribution is -2.21. The first kappa shape index (κ1) is 17.7. The maximum absolute atomic E-state index is 12.2. The lowest BCUT2D eigenvalue weighted by atomic mass is 10.1. The summed E-state index contributed by atoms with van der Waals surface area (Å²) in [5.41, 5.74) is 2.09. The minimum absolute atomic E-state index is 0.0670. The van der Waals surface area contributed by atoms with Crippen LogP contribution >= 0.6 is 15.9 Å².